The number of hydrogen-bond donors (Lipinski definition) is 2. The maximum absolute atomic E-state index is 12.2. The lowest BCUT2D eigenvalue weighted by Crippen LogP contribution is -2.43. The van der Waals surface area contributed by atoms with Gasteiger partial charge in [-0.1, -0.05) is 11.6 Å². The number of hydrogen-bond acceptors (Lipinski definition) is 4. The predicted molar refractivity (Wildman–Crippen MR) is 81.5 cm³/mol. The van der Waals surface area contributed by atoms with Crippen molar-refractivity contribution < 1.29 is 9.59 Å². The SMILES string of the molecule is CC(=O)Nc1cc(Cl)nc(C(=O)NC2CCN(C)CC2)c1. The van der Waals surface area contributed by atoms with Gasteiger partial charge in [-0.25, -0.2) is 4.98 Å². The molecule has 0 aliphatic carbocycles. The highest BCUT2D eigenvalue weighted by atomic mass is 35.5. The van der Waals surface area contributed by atoms with E-state index >= 15 is 0 Å². The van der Waals surface area contributed by atoms with E-state index in [2.05, 4.69) is 27.6 Å². The maximum atomic E-state index is 12.2. The Labute approximate surface area is 128 Å². The molecule has 7 heteroatoms. The quantitative estimate of drug-likeness (QED) is 0.830. The molecule has 1 aliphatic heterocycles. The number of nitrogens with zero attached hydrogens (tertiary/aromatic N) is 2. The monoisotopic (exact) mass is 310 g/mol. The molecule has 0 radical (unpaired) electrons. The minimum absolute atomic E-state index is 0.152. The molecule has 6 nitrogen and oxygen atoms in total. The molecular formula is C14H19ClN4O2. The molecule has 21 heavy (non-hydrogen) atoms. The Bertz CT molecular complexity index is 542. The summed E-state index contributed by atoms with van der Waals surface area (Å²) >= 11 is 5.89. The van der Waals surface area contributed by atoms with E-state index in [0.29, 0.717) is 5.69 Å². The number of halogens is 1. The molecule has 2 rings (SSSR count). The highest BCUT2D eigenvalue weighted by molar-refractivity contribution is 6.30. The Balaban J connectivity index is 2.04. The molecule has 0 atom stereocenters. The van der Waals surface area contributed by atoms with Crippen molar-refractivity contribution in [3.05, 3.63) is 23.0 Å². The first-order chi connectivity index (χ1) is 9.94. The fourth-order valence-corrected chi connectivity index (χ4v) is 2.51. The topological polar surface area (TPSA) is 74.3 Å². The molecule has 0 spiro atoms. The molecular weight excluding hydrogens is 292 g/mol. The number of likely N-dealkylation sites (tertiary alicyclic amines) is 1. The van der Waals surface area contributed by atoms with E-state index in [1.165, 1.54) is 19.1 Å². The molecule has 1 aromatic rings. The number of carbonyl (C=O) groups excluding carboxylic acids is 2. The van der Waals surface area contributed by atoms with Gasteiger partial charge in [-0.2, -0.15) is 0 Å². The third kappa shape index (κ3) is 4.68. The minimum atomic E-state index is -0.265. The van der Waals surface area contributed by atoms with Crippen molar-refractivity contribution in [2.45, 2.75) is 25.8 Å². The summed E-state index contributed by atoms with van der Waals surface area (Å²) in [5, 5.41) is 5.74. The van der Waals surface area contributed by atoms with Crippen LogP contribution in [-0.2, 0) is 4.79 Å². The van der Waals surface area contributed by atoms with Gasteiger partial charge in [0.05, 0.1) is 0 Å². The van der Waals surface area contributed by atoms with Gasteiger partial charge in [-0.15, -0.1) is 0 Å². The molecule has 1 aliphatic rings. The average molecular weight is 311 g/mol. The number of rotatable bonds is 3. The summed E-state index contributed by atoms with van der Waals surface area (Å²) in [6.45, 7) is 3.32. The van der Waals surface area contributed by atoms with Crippen molar-refractivity contribution in [1.29, 1.82) is 0 Å². The smallest absolute Gasteiger partial charge is 0.270 e. The normalized spacial score (nSPS) is 16.5. The van der Waals surface area contributed by atoms with Gasteiger partial charge in [-0.3, -0.25) is 9.59 Å². The third-order valence-electron chi connectivity index (χ3n) is 3.40. The van der Waals surface area contributed by atoms with Crippen LogP contribution in [0.1, 0.15) is 30.3 Å². The highest BCUT2D eigenvalue weighted by Crippen LogP contribution is 2.16. The number of nitrogens with one attached hydrogen (secondary N) is 2. The molecule has 0 saturated carbocycles. The lowest BCUT2D eigenvalue weighted by Gasteiger charge is -2.29. The summed E-state index contributed by atoms with van der Waals surface area (Å²) in [7, 11) is 2.07. The van der Waals surface area contributed by atoms with E-state index in [0.717, 1.165) is 25.9 Å². The summed E-state index contributed by atoms with van der Waals surface area (Å²) in [5.41, 5.74) is 0.682. The zero-order chi connectivity index (χ0) is 15.4. The van der Waals surface area contributed by atoms with Crippen LogP contribution < -0.4 is 10.6 Å². The predicted octanol–water partition coefficient (Wildman–Crippen LogP) is 1.52. The van der Waals surface area contributed by atoms with Crippen LogP contribution in [0.15, 0.2) is 12.1 Å². The van der Waals surface area contributed by atoms with Crippen molar-refractivity contribution in [2.75, 3.05) is 25.5 Å². The molecule has 2 N–H and O–H groups in total. The summed E-state index contributed by atoms with van der Waals surface area (Å²) in [6.07, 6.45) is 1.84. The van der Waals surface area contributed by atoms with Crippen molar-refractivity contribution in [1.82, 2.24) is 15.2 Å². The van der Waals surface area contributed by atoms with Gasteiger partial charge in [0.2, 0.25) is 5.91 Å². The van der Waals surface area contributed by atoms with Gasteiger partial charge in [0.25, 0.3) is 5.91 Å². The van der Waals surface area contributed by atoms with Crippen LogP contribution in [0.5, 0.6) is 0 Å². The van der Waals surface area contributed by atoms with Gasteiger partial charge in [0.15, 0.2) is 0 Å². The first-order valence-corrected chi connectivity index (χ1v) is 7.26. The van der Waals surface area contributed by atoms with Crippen molar-refractivity contribution in [3.8, 4) is 0 Å². The van der Waals surface area contributed by atoms with E-state index in [1.54, 1.807) is 0 Å². The number of amides is 2. The Morgan fingerprint density at radius 1 is 1.33 bits per heavy atom. The van der Waals surface area contributed by atoms with Crippen LogP contribution in [0, 0.1) is 0 Å². The van der Waals surface area contributed by atoms with E-state index < -0.39 is 0 Å². The van der Waals surface area contributed by atoms with Gasteiger partial charge >= 0.3 is 0 Å². The number of aromatic nitrogens is 1. The largest absolute Gasteiger partial charge is 0.348 e. The maximum Gasteiger partial charge on any atom is 0.270 e. The number of carbonyl (C=O) groups is 2. The highest BCUT2D eigenvalue weighted by Gasteiger charge is 2.20. The molecule has 1 fully saturated rings. The molecule has 1 saturated heterocycles. The summed E-state index contributed by atoms with van der Waals surface area (Å²) in [5.74, 6) is -0.488. The second kappa shape index (κ2) is 6.87. The number of pyridine rings is 1. The van der Waals surface area contributed by atoms with E-state index in [9.17, 15) is 9.59 Å². The summed E-state index contributed by atoms with van der Waals surface area (Å²) in [6, 6.07) is 3.19. The molecule has 2 heterocycles. The van der Waals surface area contributed by atoms with Crippen LogP contribution in [0.25, 0.3) is 0 Å². The van der Waals surface area contributed by atoms with Gasteiger partial charge in [-0.05, 0) is 45.1 Å². The first kappa shape index (κ1) is 15.7. The molecule has 1 aromatic heterocycles. The van der Waals surface area contributed by atoms with Crippen LogP contribution in [-0.4, -0.2) is 47.9 Å². The fourth-order valence-electron chi connectivity index (χ4n) is 2.30. The number of anilines is 1. The Hall–Kier alpha value is -1.66. The second-order valence-corrected chi connectivity index (χ2v) is 5.68. The van der Waals surface area contributed by atoms with Gasteiger partial charge in [0, 0.05) is 18.7 Å². The lowest BCUT2D eigenvalue weighted by molar-refractivity contribution is -0.114. The molecule has 0 bridgehead atoms. The van der Waals surface area contributed by atoms with Crippen LogP contribution in [0.3, 0.4) is 0 Å². The fraction of sp³-hybridized carbons (Fsp3) is 0.500. The Morgan fingerprint density at radius 2 is 2.00 bits per heavy atom. The van der Waals surface area contributed by atoms with Crippen molar-refractivity contribution in [3.63, 3.8) is 0 Å². The molecule has 114 valence electrons. The summed E-state index contributed by atoms with van der Waals surface area (Å²) < 4.78 is 0. The standard InChI is InChI=1S/C14H19ClN4O2/c1-9(20)16-11-7-12(18-13(15)8-11)14(21)17-10-3-5-19(2)6-4-10/h7-8,10H,3-6H2,1-2H3,(H,17,21)(H,16,18,20). The average Bonchev–Trinajstić information content (AvgIpc) is 2.40. The van der Waals surface area contributed by atoms with E-state index in [1.807, 2.05) is 0 Å². The zero-order valence-electron chi connectivity index (χ0n) is 12.1. The second-order valence-electron chi connectivity index (χ2n) is 5.30. The lowest BCUT2D eigenvalue weighted by atomic mass is 10.1. The minimum Gasteiger partial charge on any atom is -0.348 e. The van der Waals surface area contributed by atoms with Gasteiger partial charge < -0.3 is 15.5 Å². The first-order valence-electron chi connectivity index (χ1n) is 6.88. The van der Waals surface area contributed by atoms with Gasteiger partial charge in [0.1, 0.15) is 10.8 Å². The van der Waals surface area contributed by atoms with E-state index in [-0.39, 0.29) is 28.7 Å². The third-order valence-corrected chi connectivity index (χ3v) is 3.59. The Kier molecular flexibility index (Phi) is 5.14. The molecule has 0 unspecified atom stereocenters. The van der Waals surface area contributed by atoms with E-state index in [4.69, 9.17) is 11.6 Å². The van der Waals surface area contributed by atoms with Crippen LogP contribution in [0.2, 0.25) is 5.15 Å². The van der Waals surface area contributed by atoms with Crippen LogP contribution in [0.4, 0.5) is 5.69 Å². The Morgan fingerprint density at radius 3 is 2.62 bits per heavy atom. The van der Waals surface area contributed by atoms with Crippen molar-refractivity contribution in [2.24, 2.45) is 0 Å². The summed E-state index contributed by atoms with van der Waals surface area (Å²) in [4.78, 5) is 29.5. The van der Waals surface area contributed by atoms with Crippen LogP contribution >= 0.6 is 11.6 Å². The van der Waals surface area contributed by atoms with Crippen molar-refractivity contribution >= 4 is 29.1 Å². The molecule has 2 amide bonds. The molecule has 0 aromatic carbocycles. The number of piperidine rings is 1. The zero-order valence-corrected chi connectivity index (χ0v) is 12.9.